The van der Waals surface area contributed by atoms with E-state index in [-0.39, 0.29) is 11.5 Å². The molecule has 0 spiro atoms. The Balaban J connectivity index is 2.46. The van der Waals surface area contributed by atoms with Gasteiger partial charge < -0.3 is 10.1 Å². The normalized spacial score (nSPS) is 11.3. The lowest BCUT2D eigenvalue weighted by Gasteiger charge is -2.17. The zero-order valence-electron chi connectivity index (χ0n) is 14.3. The number of esters is 1. The van der Waals surface area contributed by atoms with Crippen molar-refractivity contribution < 1.29 is 31.9 Å². The Bertz CT molecular complexity index is 616. The number of hydrogen-bond donors (Lipinski definition) is 1. The van der Waals surface area contributed by atoms with Gasteiger partial charge in [0.2, 0.25) is 23.3 Å². The molecule has 0 saturated carbocycles. The fourth-order valence-corrected chi connectivity index (χ4v) is 1.99. The van der Waals surface area contributed by atoms with Crippen LogP contribution in [0.3, 0.4) is 0 Å². The molecule has 0 bridgehead atoms. The molecule has 1 aromatic carbocycles. The van der Waals surface area contributed by atoms with E-state index in [4.69, 9.17) is 0 Å². The van der Waals surface area contributed by atoms with Crippen molar-refractivity contribution in [3.8, 4) is 5.75 Å². The average Bonchev–Trinajstić information content (AvgIpc) is 2.48. The standard InChI is InChI=1S/C17H21F4NO3/c1-17(2,3)6-4-5-7-22-12(23)9-13(24)25-16-14(20)10(18)8-11(19)15(16)21/h8H,4-7,9H2,1-3H3,(H,22,23). The first-order valence-electron chi connectivity index (χ1n) is 7.81. The van der Waals surface area contributed by atoms with Gasteiger partial charge in [0.15, 0.2) is 11.6 Å². The maximum Gasteiger partial charge on any atom is 0.320 e. The van der Waals surface area contributed by atoms with Crippen molar-refractivity contribution in [2.24, 2.45) is 5.41 Å². The van der Waals surface area contributed by atoms with E-state index < -0.39 is 47.3 Å². The van der Waals surface area contributed by atoms with E-state index in [1.807, 2.05) is 0 Å². The maximum atomic E-state index is 13.4. The number of unbranched alkanes of at least 4 members (excludes halogenated alkanes) is 1. The highest BCUT2D eigenvalue weighted by Gasteiger charge is 2.23. The summed E-state index contributed by atoms with van der Waals surface area (Å²) in [5, 5.41) is 2.46. The molecule has 0 saturated heterocycles. The van der Waals surface area contributed by atoms with Crippen LogP contribution in [0.1, 0.15) is 46.5 Å². The quantitative estimate of drug-likeness (QED) is 0.200. The van der Waals surface area contributed by atoms with Crippen molar-refractivity contribution in [3.63, 3.8) is 0 Å². The molecular weight excluding hydrogens is 342 g/mol. The molecule has 1 rings (SSSR count). The Morgan fingerprint density at radius 2 is 1.60 bits per heavy atom. The van der Waals surface area contributed by atoms with Gasteiger partial charge in [0, 0.05) is 12.6 Å². The molecule has 140 valence electrons. The minimum atomic E-state index is -1.84. The van der Waals surface area contributed by atoms with Crippen molar-refractivity contribution in [1.29, 1.82) is 0 Å². The molecule has 0 unspecified atom stereocenters. The molecule has 0 aliphatic carbocycles. The second-order valence-corrected chi connectivity index (χ2v) is 6.82. The first-order valence-corrected chi connectivity index (χ1v) is 7.81. The summed E-state index contributed by atoms with van der Waals surface area (Å²) in [5.41, 5.74) is 0.183. The van der Waals surface area contributed by atoms with Gasteiger partial charge in [-0.1, -0.05) is 27.2 Å². The van der Waals surface area contributed by atoms with Crippen molar-refractivity contribution in [2.45, 2.75) is 46.5 Å². The molecule has 0 aromatic heterocycles. The van der Waals surface area contributed by atoms with Crippen LogP contribution in [0, 0.1) is 28.7 Å². The number of benzene rings is 1. The Hall–Kier alpha value is -2.12. The van der Waals surface area contributed by atoms with Crippen LogP contribution in [0.25, 0.3) is 0 Å². The monoisotopic (exact) mass is 363 g/mol. The summed E-state index contributed by atoms with van der Waals surface area (Å²) < 4.78 is 57.0. The summed E-state index contributed by atoms with van der Waals surface area (Å²) in [7, 11) is 0. The molecular formula is C17H21F4NO3. The topological polar surface area (TPSA) is 55.4 Å². The van der Waals surface area contributed by atoms with E-state index in [0.29, 0.717) is 13.0 Å². The van der Waals surface area contributed by atoms with Gasteiger partial charge in [-0.05, 0) is 18.3 Å². The molecule has 0 heterocycles. The van der Waals surface area contributed by atoms with Gasteiger partial charge in [-0.15, -0.1) is 0 Å². The van der Waals surface area contributed by atoms with Gasteiger partial charge >= 0.3 is 5.97 Å². The third-order valence-electron chi connectivity index (χ3n) is 3.27. The molecule has 4 nitrogen and oxygen atoms in total. The van der Waals surface area contributed by atoms with Crippen LogP contribution in [-0.4, -0.2) is 18.4 Å². The summed E-state index contributed by atoms with van der Waals surface area (Å²) in [6.07, 6.45) is 1.73. The van der Waals surface area contributed by atoms with Crippen molar-refractivity contribution in [1.82, 2.24) is 5.32 Å². The van der Waals surface area contributed by atoms with E-state index in [1.54, 1.807) is 0 Å². The van der Waals surface area contributed by atoms with Gasteiger partial charge in [-0.3, -0.25) is 9.59 Å². The minimum absolute atomic E-state index is 0.00764. The molecule has 8 heteroatoms. The van der Waals surface area contributed by atoms with Gasteiger partial charge in [-0.25, -0.2) is 8.78 Å². The Morgan fingerprint density at radius 3 is 2.12 bits per heavy atom. The Labute approximate surface area is 143 Å². The van der Waals surface area contributed by atoms with Crippen molar-refractivity contribution >= 4 is 11.9 Å². The highest BCUT2D eigenvalue weighted by atomic mass is 19.2. The average molecular weight is 363 g/mol. The first-order chi connectivity index (χ1) is 11.5. The molecule has 25 heavy (non-hydrogen) atoms. The van der Waals surface area contributed by atoms with Crippen molar-refractivity contribution in [3.05, 3.63) is 29.3 Å². The molecule has 0 fully saturated rings. The number of hydrogen-bond acceptors (Lipinski definition) is 3. The number of halogens is 4. The lowest BCUT2D eigenvalue weighted by molar-refractivity contribution is -0.138. The zero-order chi connectivity index (χ0) is 19.2. The zero-order valence-corrected chi connectivity index (χ0v) is 14.3. The number of nitrogens with one attached hydrogen (secondary N) is 1. The molecule has 1 aromatic rings. The molecule has 1 amide bonds. The Kier molecular flexibility index (Phi) is 7.38. The summed E-state index contributed by atoms with van der Waals surface area (Å²) >= 11 is 0. The first kappa shape index (κ1) is 20.9. The minimum Gasteiger partial charge on any atom is -0.420 e. The number of rotatable bonds is 7. The number of carbonyl (C=O) groups excluding carboxylic acids is 2. The fraction of sp³-hybridized carbons (Fsp3) is 0.529. The van der Waals surface area contributed by atoms with Crippen LogP contribution in [0.5, 0.6) is 5.75 Å². The summed E-state index contributed by atoms with van der Waals surface area (Å²) in [6, 6.07) is -0.00764. The number of ether oxygens (including phenoxy) is 1. The number of carbonyl (C=O) groups is 2. The highest BCUT2D eigenvalue weighted by Crippen LogP contribution is 2.26. The fourth-order valence-electron chi connectivity index (χ4n) is 1.99. The van der Waals surface area contributed by atoms with Gasteiger partial charge in [-0.2, -0.15) is 8.78 Å². The van der Waals surface area contributed by atoms with E-state index in [9.17, 15) is 27.2 Å². The van der Waals surface area contributed by atoms with Crippen molar-refractivity contribution in [2.75, 3.05) is 6.54 Å². The van der Waals surface area contributed by atoms with E-state index >= 15 is 0 Å². The predicted molar refractivity (Wildman–Crippen MR) is 82.8 cm³/mol. The van der Waals surface area contributed by atoms with Crippen LogP contribution < -0.4 is 10.1 Å². The van der Waals surface area contributed by atoms with Gasteiger partial charge in [0.05, 0.1) is 0 Å². The van der Waals surface area contributed by atoms with Crippen LogP contribution in [0.2, 0.25) is 0 Å². The van der Waals surface area contributed by atoms with Crippen LogP contribution in [0.15, 0.2) is 6.07 Å². The molecule has 0 atom stereocenters. The molecule has 0 radical (unpaired) electrons. The number of amides is 1. The van der Waals surface area contributed by atoms with E-state index in [0.717, 1.165) is 12.8 Å². The van der Waals surface area contributed by atoms with E-state index in [2.05, 4.69) is 30.8 Å². The second-order valence-electron chi connectivity index (χ2n) is 6.82. The lowest BCUT2D eigenvalue weighted by Crippen LogP contribution is -2.28. The van der Waals surface area contributed by atoms with Crippen LogP contribution >= 0.6 is 0 Å². The predicted octanol–water partition coefficient (Wildman–Crippen LogP) is 3.87. The van der Waals surface area contributed by atoms with Crippen LogP contribution in [-0.2, 0) is 9.59 Å². The molecule has 0 aliphatic rings. The lowest BCUT2D eigenvalue weighted by atomic mass is 9.90. The SMILES string of the molecule is CC(C)(C)CCCCNC(=O)CC(=O)Oc1c(F)c(F)cc(F)c1F. The maximum absolute atomic E-state index is 13.4. The van der Waals surface area contributed by atoms with E-state index in [1.165, 1.54) is 0 Å². The smallest absolute Gasteiger partial charge is 0.320 e. The third-order valence-corrected chi connectivity index (χ3v) is 3.27. The Morgan fingerprint density at radius 1 is 1.04 bits per heavy atom. The molecule has 1 N–H and O–H groups in total. The van der Waals surface area contributed by atoms with Crippen LogP contribution in [0.4, 0.5) is 17.6 Å². The second kappa shape index (κ2) is 8.82. The van der Waals surface area contributed by atoms with Gasteiger partial charge in [0.25, 0.3) is 0 Å². The highest BCUT2D eigenvalue weighted by molar-refractivity contribution is 5.95. The summed E-state index contributed by atoms with van der Waals surface area (Å²) in [6.45, 7) is 6.61. The molecule has 0 aliphatic heterocycles. The van der Waals surface area contributed by atoms with Gasteiger partial charge in [0.1, 0.15) is 6.42 Å². The summed E-state index contributed by atoms with van der Waals surface area (Å²) in [4.78, 5) is 23.1. The third kappa shape index (κ3) is 7.11. The largest absolute Gasteiger partial charge is 0.420 e. The summed E-state index contributed by atoms with van der Waals surface area (Å²) in [5.74, 6) is -10.6.